The summed E-state index contributed by atoms with van der Waals surface area (Å²) in [5.41, 5.74) is 2.63. The lowest BCUT2D eigenvalue weighted by Gasteiger charge is -2.25. The van der Waals surface area contributed by atoms with E-state index >= 15 is 0 Å². The molecule has 0 spiro atoms. The fourth-order valence-electron chi connectivity index (χ4n) is 6.32. The number of fused-ring (bicyclic) bond motifs is 1. The molecule has 0 bridgehead atoms. The smallest absolute Gasteiger partial charge is 0.314 e. The quantitative estimate of drug-likeness (QED) is 0.110. The van der Waals surface area contributed by atoms with Gasteiger partial charge < -0.3 is 35.7 Å². The highest BCUT2D eigenvalue weighted by Gasteiger charge is 2.42. The lowest BCUT2D eigenvalue weighted by Crippen LogP contribution is -2.32. The summed E-state index contributed by atoms with van der Waals surface area (Å²) in [7, 11) is 1.52. The van der Waals surface area contributed by atoms with Crippen LogP contribution in [0.15, 0.2) is 65.5 Å². The average molecular weight is 648 g/mol. The maximum absolute atomic E-state index is 12.8. The zero-order chi connectivity index (χ0) is 32.8. The molecule has 10 nitrogen and oxygen atoms in total. The number of aromatic nitrogens is 1. The van der Waals surface area contributed by atoms with Gasteiger partial charge in [0.15, 0.2) is 0 Å². The van der Waals surface area contributed by atoms with E-state index < -0.39 is 17.5 Å². The van der Waals surface area contributed by atoms with Crippen molar-refractivity contribution >= 4 is 40.1 Å². The topological polar surface area (TPSA) is 161 Å². The number of benzene rings is 3. The molecule has 1 aromatic heterocycles. The van der Waals surface area contributed by atoms with Gasteiger partial charge in [0.1, 0.15) is 11.5 Å². The number of pyridine rings is 1. The number of carbonyl (C=O) groups is 2. The fraction of sp³-hybridized carbons (Fsp3) is 0.343. The van der Waals surface area contributed by atoms with Crippen LogP contribution in [0.4, 0.5) is 5.69 Å². The molecule has 242 valence electrons. The van der Waals surface area contributed by atoms with Gasteiger partial charge in [-0.15, -0.1) is 0 Å². The number of methoxy groups -OCH3 is 1. The number of carbonyl (C=O) groups excluding carboxylic acids is 1. The number of aryl methyl sites for hydroxylation is 1. The highest BCUT2D eigenvalue weighted by Crippen LogP contribution is 2.41. The van der Waals surface area contributed by atoms with Gasteiger partial charge in [0.2, 0.25) is 11.5 Å². The number of nitrogens with one attached hydrogen (secondary N) is 3. The molecule has 1 fully saturated rings. The second-order valence-electron chi connectivity index (χ2n) is 11.8. The number of hydrogen-bond donors (Lipinski definition) is 6. The summed E-state index contributed by atoms with van der Waals surface area (Å²) < 4.78 is 5.55. The molecule has 1 saturated carbocycles. The number of aromatic hydroxyl groups is 1. The van der Waals surface area contributed by atoms with E-state index in [1.54, 1.807) is 24.3 Å². The Labute approximate surface area is 271 Å². The van der Waals surface area contributed by atoms with Crippen molar-refractivity contribution in [3.8, 4) is 11.5 Å². The monoisotopic (exact) mass is 647 g/mol. The van der Waals surface area contributed by atoms with Crippen molar-refractivity contribution in [2.75, 3.05) is 19.0 Å². The minimum absolute atomic E-state index is 0.0806. The van der Waals surface area contributed by atoms with Crippen molar-refractivity contribution in [2.24, 2.45) is 0 Å². The van der Waals surface area contributed by atoms with Gasteiger partial charge >= 0.3 is 5.97 Å². The van der Waals surface area contributed by atoms with Crippen molar-refractivity contribution in [2.45, 2.75) is 63.0 Å². The number of phenols is 1. The molecule has 1 aliphatic rings. The maximum atomic E-state index is 12.8. The molecule has 1 aliphatic carbocycles. The van der Waals surface area contributed by atoms with Crippen LogP contribution in [0.2, 0.25) is 5.02 Å². The number of aromatic amines is 1. The molecule has 1 unspecified atom stereocenters. The van der Waals surface area contributed by atoms with Gasteiger partial charge in [0, 0.05) is 42.6 Å². The number of H-pyrrole nitrogens is 1. The van der Waals surface area contributed by atoms with Gasteiger partial charge in [-0.25, -0.2) is 0 Å². The number of anilines is 1. The van der Waals surface area contributed by atoms with Crippen molar-refractivity contribution in [3.63, 3.8) is 0 Å². The Morgan fingerprint density at radius 3 is 2.61 bits per heavy atom. The van der Waals surface area contributed by atoms with Crippen LogP contribution in [0.5, 0.6) is 11.5 Å². The van der Waals surface area contributed by atoms with Crippen LogP contribution in [-0.4, -0.2) is 45.8 Å². The third-order valence-electron chi connectivity index (χ3n) is 8.78. The van der Waals surface area contributed by atoms with Gasteiger partial charge in [-0.05, 0) is 60.6 Å². The van der Waals surface area contributed by atoms with E-state index in [0.29, 0.717) is 59.6 Å². The second-order valence-corrected chi connectivity index (χ2v) is 12.2. The Morgan fingerprint density at radius 2 is 1.87 bits per heavy atom. The van der Waals surface area contributed by atoms with Crippen molar-refractivity contribution in [3.05, 3.63) is 98.3 Å². The number of ether oxygens (including phenoxy) is 1. The van der Waals surface area contributed by atoms with E-state index in [-0.39, 0.29) is 35.7 Å². The Balaban J connectivity index is 1.16. The molecule has 0 aliphatic heterocycles. The predicted octanol–water partition coefficient (Wildman–Crippen LogP) is 5.58. The lowest BCUT2D eigenvalue weighted by molar-refractivity contribution is -0.143. The zero-order valence-electron chi connectivity index (χ0n) is 25.6. The van der Waals surface area contributed by atoms with E-state index in [1.165, 1.54) is 19.2 Å². The highest BCUT2D eigenvalue weighted by molar-refractivity contribution is 6.33. The van der Waals surface area contributed by atoms with Gasteiger partial charge in [-0.2, -0.15) is 0 Å². The second kappa shape index (κ2) is 14.4. The molecule has 1 amide bonds. The molecular formula is C35H38ClN3O7. The van der Waals surface area contributed by atoms with Crippen molar-refractivity contribution in [1.82, 2.24) is 10.3 Å². The minimum Gasteiger partial charge on any atom is -0.506 e. The zero-order valence-corrected chi connectivity index (χ0v) is 26.3. The maximum Gasteiger partial charge on any atom is 0.314 e. The molecule has 1 atom stereocenters. The number of carboxylic acid groups (broad SMARTS) is 1. The van der Waals surface area contributed by atoms with Crippen LogP contribution in [-0.2, 0) is 28.0 Å². The predicted molar refractivity (Wildman–Crippen MR) is 177 cm³/mol. The molecule has 6 N–H and O–H groups in total. The van der Waals surface area contributed by atoms with E-state index in [1.807, 2.05) is 24.3 Å². The Bertz CT molecular complexity index is 1800. The fourth-order valence-corrected chi connectivity index (χ4v) is 6.55. The number of hydrogen-bond acceptors (Lipinski definition) is 7. The summed E-state index contributed by atoms with van der Waals surface area (Å²) in [6, 6.07) is 17.0. The van der Waals surface area contributed by atoms with Gasteiger partial charge in [-0.3, -0.25) is 14.4 Å². The molecule has 46 heavy (non-hydrogen) atoms. The number of aliphatic carboxylic acids is 1. The Hall–Kier alpha value is -4.38. The molecular weight excluding hydrogens is 610 g/mol. The number of aliphatic hydroxyl groups excluding tert-OH is 1. The summed E-state index contributed by atoms with van der Waals surface area (Å²) in [4.78, 5) is 39.2. The van der Waals surface area contributed by atoms with E-state index in [0.717, 1.165) is 29.5 Å². The first-order valence-corrected chi connectivity index (χ1v) is 15.7. The average Bonchev–Trinajstić information content (AvgIpc) is 3.55. The van der Waals surface area contributed by atoms with E-state index in [2.05, 4.69) is 15.6 Å². The van der Waals surface area contributed by atoms with E-state index in [4.69, 9.17) is 16.3 Å². The number of amides is 1. The summed E-state index contributed by atoms with van der Waals surface area (Å²) in [6.45, 7) is 0.474. The lowest BCUT2D eigenvalue weighted by atomic mass is 9.78. The standard InChI is InChI=1S/C35H38ClN3O7/c1-46-30-18-27(38-31(42)9-5-7-21-6-4-8-23(16-21)35(34(44)45)14-2-3-15-35)26(36)17-22(30)19-37-20-29(41)24-10-12-28(40)33-25(24)11-13-32(43)39-33/h4,6,8,10-13,16-18,29,37,40-41H,2-3,5,7,9,14-15,19-20H2,1H3,(H,38,42)(H,39,43)(H,44,45). The van der Waals surface area contributed by atoms with Crippen LogP contribution < -0.4 is 20.9 Å². The van der Waals surface area contributed by atoms with Crippen LogP contribution >= 0.6 is 11.6 Å². The number of aliphatic hydroxyl groups is 1. The van der Waals surface area contributed by atoms with Gasteiger partial charge in [-0.1, -0.05) is 54.8 Å². The summed E-state index contributed by atoms with van der Waals surface area (Å²) in [6.07, 6.45) is 3.67. The first-order chi connectivity index (χ1) is 22.1. The van der Waals surface area contributed by atoms with Gasteiger partial charge in [0.05, 0.1) is 34.9 Å². The number of phenolic OH excluding ortho intramolecular Hbond substituents is 1. The van der Waals surface area contributed by atoms with E-state index in [9.17, 15) is 29.7 Å². The summed E-state index contributed by atoms with van der Waals surface area (Å²) in [5, 5.41) is 37.8. The van der Waals surface area contributed by atoms with Crippen LogP contribution in [0, 0.1) is 0 Å². The SMILES string of the molecule is COc1cc(NC(=O)CCCc2cccc(C3(C(=O)O)CCCC3)c2)c(Cl)cc1CNCC(O)c1ccc(O)c2[nH]c(=O)ccc12. The number of rotatable bonds is 13. The minimum atomic E-state index is -0.933. The highest BCUT2D eigenvalue weighted by atomic mass is 35.5. The molecule has 0 radical (unpaired) electrons. The molecule has 5 rings (SSSR count). The Kier molecular flexibility index (Phi) is 10.3. The van der Waals surface area contributed by atoms with Crippen molar-refractivity contribution < 1.29 is 29.6 Å². The third-order valence-corrected chi connectivity index (χ3v) is 9.09. The molecule has 0 saturated heterocycles. The third kappa shape index (κ3) is 7.20. The summed E-state index contributed by atoms with van der Waals surface area (Å²) >= 11 is 6.53. The number of halogens is 1. The largest absolute Gasteiger partial charge is 0.506 e. The van der Waals surface area contributed by atoms with Gasteiger partial charge in [0.25, 0.3) is 0 Å². The van der Waals surface area contributed by atoms with Crippen LogP contribution in [0.1, 0.15) is 66.9 Å². The van der Waals surface area contributed by atoms with Crippen LogP contribution in [0.3, 0.4) is 0 Å². The first kappa shape index (κ1) is 33.0. The molecule has 4 aromatic rings. The normalized spacial score (nSPS) is 14.7. The van der Waals surface area contributed by atoms with Crippen molar-refractivity contribution in [1.29, 1.82) is 0 Å². The Morgan fingerprint density at radius 1 is 1.09 bits per heavy atom. The van der Waals surface area contributed by atoms with Crippen LogP contribution in [0.25, 0.3) is 10.9 Å². The molecule has 11 heteroatoms. The summed E-state index contributed by atoms with van der Waals surface area (Å²) in [5.74, 6) is -0.543. The first-order valence-electron chi connectivity index (χ1n) is 15.3. The molecule has 3 aromatic carbocycles. The molecule has 1 heterocycles. The number of carboxylic acids is 1.